The van der Waals surface area contributed by atoms with Gasteiger partial charge < -0.3 is 5.32 Å². The van der Waals surface area contributed by atoms with Gasteiger partial charge in [0.15, 0.2) is 0 Å². The van der Waals surface area contributed by atoms with Crippen LogP contribution in [0.3, 0.4) is 0 Å². The molecule has 5 nitrogen and oxygen atoms in total. The van der Waals surface area contributed by atoms with Gasteiger partial charge in [-0.3, -0.25) is 4.79 Å². The summed E-state index contributed by atoms with van der Waals surface area (Å²) < 4.78 is 28.4. The third-order valence-corrected chi connectivity index (χ3v) is 7.64. The SMILES string of the molecule is Cc1ccc(C)c(S(=O)(=O)N(CCc2ccccc2)CC(=O)Nc2cccc(C)c2C)c1. The van der Waals surface area contributed by atoms with Gasteiger partial charge in [0.05, 0.1) is 11.4 Å². The van der Waals surface area contributed by atoms with Crippen LogP contribution in [-0.4, -0.2) is 31.7 Å². The number of aryl methyl sites for hydroxylation is 3. The van der Waals surface area contributed by atoms with Crippen LogP contribution in [0.4, 0.5) is 5.69 Å². The van der Waals surface area contributed by atoms with Crippen LogP contribution in [0.2, 0.25) is 0 Å². The van der Waals surface area contributed by atoms with Crippen molar-refractivity contribution >= 4 is 21.6 Å². The predicted octanol–water partition coefficient (Wildman–Crippen LogP) is 4.79. The average molecular weight is 451 g/mol. The molecular formula is C26H30N2O3S. The van der Waals surface area contributed by atoms with Crippen molar-refractivity contribution in [2.24, 2.45) is 0 Å². The maximum Gasteiger partial charge on any atom is 0.243 e. The predicted molar refractivity (Wildman–Crippen MR) is 129 cm³/mol. The Hall–Kier alpha value is -2.96. The van der Waals surface area contributed by atoms with Gasteiger partial charge in [-0.15, -0.1) is 0 Å². The molecule has 0 aliphatic rings. The van der Waals surface area contributed by atoms with Crippen LogP contribution in [0.5, 0.6) is 0 Å². The maximum atomic E-state index is 13.6. The Balaban J connectivity index is 1.88. The smallest absolute Gasteiger partial charge is 0.243 e. The second-order valence-electron chi connectivity index (χ2n) is 8.14. The standard InChI is InChI=1S/C26H30N2O3S/c1-19-13-14-21(3)25(17-19)32(30,31)28(16-15-23-10-6-5-7-11-23)18-26(29)27-24-12-8-9-20(2)22(24)4/h5-14,17H,15-16,18H2,1-4H3,(H,27,29). The summed E-state index contributed by atoms with van der Waals surface area (Å²) in [5, 5.41) is 2.88. The van der Waals surface area contributed by atoms with E-state index in [1.165, 1.54) is 4.31 Å². The van der Waals surface area contributed by atoms with E-state index in [0.717, 1.165) is 22.3 Å². The van der Waals surface area contributed by atoms with Gasteiger partial charge in [0, 0.05) is 12.2 Å². The van der Waals surface area contributed by atoms with Crippen LogP contribution < -0.4 is 5.32 Å². The molecule has 0 spiro atoms. The minimum absolute atomic E-state index is 0.208. The second kappa shape index (κ2) is 10.1. The number of anilines is 1. The van der Waals surface area contributed by atoms with Crippen LogP contribution in [0.25, 0.3) is 0 Å². The summed E-state index contributed by atoms with van der Waals surface area (Å²) in [6.45, 7) is 7.50. The van der Waals surface area contributed by atoms with Crippen LogP contribution in [0, 0.1) is 27.7 Å². The number of hydrogen-bond donors (Lipinski definition) is 1. The Morgan fingerprint density at radius 2 is 1.59 bits per heavy atom. The third-order valence-electron chi connectivity index (χ3n) is 5.65. The van der Waals surface area contributed by atoms with Crippen molar-refractivity contribution in [3.05, 3.63) is 94.5 Å². The molecule has 168 valence electrons. The molecule has 0 saturated heterocycles. The minimum Gasteiger partial charge on any atom is -0.325 e. The van der Waals surface area contributed by atoms with Gasteiger partial charge in [-0.25, -0.2) is 8.42 Å². The molecule has 1 N–H and O–H groups in total. The van der Waals surface area contributed by atoms with Crippen molar-refractivity contribution in [2.75, 3.05) is 18.4 Å². The quantitative estimate of drug-likeness (QED) is 0.536. The van der Waals surface area contributed by atoms with E-state index < -0.39 is 10.0 Å². The molecular weight excluding hydrogens is 420 g/mol. The Morgan fingerprint density at radius 3 is 2.31 bits per heavy atom. The fraction of sp³-hybridized carbons (Fsp3) is 0.269. The molecule has 0 atom stereocenters. The summed E-state index contributed by atoms with van der Waals surface area (Å²) in [6, 6.07) is 20.7. The largest absolute Gasteiger partial charge is 0.325 e. The van der Waals surface area contributed by atoms with E-state index in [2.05, 4.69) is 5.32 Å². The average Bonchev–Trinajstić information content (AvgIpc) is 2.76. The van der Waals surface area contributed by atoms with E-state index in [9.17, 15) is 13.2 Å². The highest BCUT2D eigenvalue weighted by molar-refractivity contribution is 7.89. The number of rotatable bonds is 8. The van der Waals surface area contributed by atoms with E-state index in [1.807, 2.05) is 75.4 Å². The fourth-order valence-corrected chi connectivity index (χ4v) is 5.25. The Kier molecular flexibility index (Phi) is 7.48. The zero-order chi connectivity index (χ0) is 23.3. The molecule has 3 aromatic carbocycles. The number of amides is 1. The number of nitrogens with zero attached hydrogens (tertiary/aromatic N) is 1. The first-order chi connectivity index (χ1) is 15.2. The third kappa shape index (κ3) is 5.64. The molecule has 3 rings (SSSR count). The fourth-order valence-electron chi connectivity index (χ4n) is 3.54. The highest BCUT2D eigenvalue weighted by atomic mass is 32.2. The van der Waals surface area contributed by atoms with Gasteiger partial charge in [0.1, 0.15) is 0 Å². The normalized spacial score (nSPS) is 11.5. The Morgan fingerprint density at radius 1 is 0.875 bits per heavy atom. The summed E-state index contributed by atoms with van der Waals surface area (Å²) in [4.78, 5) is 13.2. The summed E-state index contributed by atoms with van der Waals surface area (Å²) in [7, 11) is -3.86. The Labute approximate surface area is 191 Å². The first kappa shape index (κ1) is 23.7. The van der Waals surface area contributed by atoms with Crippen molar-refractivity contribution in [1.82, 2.24) is 4.31 Å². The molecule has 0 bridgehead atoms. The molecule has 0 radical (unpaired) electrons. The van der Waals surface area contributed by atoms with Gasteiger partial charge in [-0.1, -0.05) is 54.6 Å². The van der Waals surface area contributed by atoms with Crippen LogP contribution in [0.15, 0.2) is 71.6 Å². The Bertz CT molecular complexity index is 1200. The molecule has 3 aromatic rings. The maximum absolute atomic E-state index is 13.6. The first-order valence-electron chi connectivity index (χ1n) is 10.7. The molecule has 32 heavy (non-hydrogen) atoms. The molecule has 0 aliphatic carbocycles. The van der Waals surface area contributed by atoms with Crippen LogP contribution in [-0.2, 0) is 21.2 Å². The van der Waals surface area contributed by atoms with Crippen LogP contribution in [0.1, 0.15) is 27.8 Å². The van der Waals surface area contributed by atoms with Crippen molar-refractivity contribution in [2.45, 2.75) is 39.0 Å². The van der Waals surface area contributed by atoms with E-state index in [1.54, 1.807) is 19.1 Å². The van der Waals surface area contributed by atoms with Crippen molar-refractivity contribution in [3.63, 3.8) is 0 Å². The number of sulfonamides is 1. The van der Waals surface area contributed by atoms with Crippen LogP contribution >= 0.6 is 0 Å². The molecule has 0 saturated carbocycles. The summed E-state index contributed by atoms with van der Waals surface area (Å²) in [6.07, 6.45) is 0.516. The lowest BCUT2D eigenvalue weighted by Crippen LogP contribution is -2.39. The van der Waals surface area contributed by atoms with Crippen molar-refractivity contribution < 1.29 is 13.2 Å². The molecule has 1 amide bonds. The number of carbonyl (C=O) groups excluding carboxylic acids is 1. The van der Waals surface area contributed by atoms with Gasteiger partial charge in [-0.05, 0) is 74.1 Å². The zero-order valence-electron chi connectivity index (χ0n) is 19.1. The molecule has 0 unspecified atom stereocenters. The summed E-state index contributed by atoms with van der Waals surface area (Å²) >= 11 is 0. The number of carbonyl (C=O) groups is 1. The number of benzene rings is 3. The van der Waals surface area contributed by atoms with Gasteiger partial charge in [-0.2, -0.15) is 4.31 Å². The lowest BCUT2D eigenvalue weighted by atomic mass is 10.1. The number of hydrogen-bond acceptors (Lipinski definition) is 3. The monoisotopic (exact) mass is 450 g/mol. The summed E-state index contributed by atoms with van der Waals surface area (Å²) in [5.74, 6) is -0.361. The molecule has 0 fully saturated rings. The van der Waals surface area contributed by atoms with Crippen molar-refractivity contribution in [1.29, 1.82) is 0 Å². The van der Waals surface area contributed by atoms with E-state index in [0.29, 0.717) is 17.7 Å². The molecule has 0 aliphatic heterocycles. The molecule has 0 heterocycles. The summed E-state index contributed by atoms with van der Waals surface area (Å²) in [5.41, 5.74) is 5.26. The van der Waals surface area contributed by atoms with E-state index >= 15 is 0 Å². The van der Waals surface area contributed by atoms with Crippen molar-refractivity contribution in [3.8, 4) is 0 Å². The topological polar surface area (TPSA) is 66.5 Å². The van der Waals surface area contributed by atoms with Gasteiger partial charge in [0.2, 0.25) is 15.9 Å². The highest BCUT2D eigenvalue weighted by Crippen LogP contribution is 2.23. The molecule has 0 aromatic heterocycles. The van der Waals surface area contributed by atoms with Gasteiger partial charge in [0.25, 0.3) is 0 Å². The van der Waals surface area contributed by atoms with E-state index in [-0.39, 0.29) is 23.9 Å². The number of nitrogens with one attached hydrogen (secondary N) is 1. The lowest BCUT2D eigenvalue weighted by Gasteiger charge is -2.23. The molecule has 6 heteroatoms. The van der Waals surface area contributed by atoms with E-state index in [4.69, 9.17) is 0 Å². The first-order valence-corrected chi connectivity index (χ1v) is 12.1. The zero-order valence-corrected chi connectivity index (χ0v) is 19.9. The second-order valence-corrected chi connectivity index (χ2v) is 10.0. The minimum atomic E-state index is -3.86. The van der Waals surface area contributed by atoms with Gasteiger partial charge >= 0.3 is 0 Å². The highest BCUT2D eigenvalue weighted by Gasteiger charge is 2.28. The lowest BCUT2D eigenvalue weighted by molar-refractivity contribution is -0.116.